The maximum Gasteiger partial charge on any atom is 0.119 e. The molecule has 0 bridgehead atoms. The molecule has 1 aromatic carbocycles. The van der Waals surface area contributed by atoms with Crippen molar-refractivity contribution in [3.8, 4) is 5.75 Å². The van der Waals surface area contributed by atoms with Gasteiger partial charge in [-0.05, 0) is 49.8 Å². The van der Waals surface area contributed by atoms with Gasteiger partial charge in [-0.25, -0.2) is 0 Å². The Hall–Kier alpha value is -1.02. The van der Waals surface area contributed by atoms with Crippen LogP contribution in [0.15, 0.2) is 24.3 Å². The van der Waals surface area contributed by atoms with Crippen molar-refractivity contribution >= 4 is 0 Å². The summed E-state index contributed by atoms with van der Waals surface area (Å²) in [6.07, 6.45) is 8.77. The van der Waals surface area contributed by atoms with Gasteiger partial charge in [-0.3, -0.25) is 0 Å². The Morgan fingerprint density at radius 1 is 1.15 bits per heavy atom. The Labute approximate surface area is 123 Å². The molecule has 2 nitrogen and oxygen atoms in total. The molecule has 1 saturated carbocycles. The molecule has 0 aromatic heterocycles. The molecule has 0 spiro atoms. The van der Waals surface area contributed by atoms with E-state index < -0.39 is 0 Å². The largest absolute Gasteiger partial charge is 0.494 e. The summed E-state index contributed by atoms with van der Waals surface area (Å²) >= 11 is 0. The summed E-state index contributed by atoms with van der Waals surface area (Å²) in [5.41, 5.74) is 7.87. The Bertz CT molecular complexity index is 400. The first-order valence-electron chi connectivity index (χ1n) is 8.20. The number of ether oxygens (including phenoxy) is 1. The van der Waals surface area contributed by atoms with Crippen molar-refractivity contribution in [2.45, 2.75) is 64.3 Å². The van der Waals surface area contributed by atoms with Gasteiger partial charge < -0.3 is 10.5 Å². The number of nitrogens with two attached hydrogens (primary N) is 1. The highest BCUT2D eigenvalue weighted by Crippen LogP contribution is 2.37. The first kappa shape index (κ1) is 15.4. The van der Waals surface area contributed by atoms with Crippen molar-refractivity contribution in [2.24, 2.45) is 11.7 Å². The monoisotopic (exact) mass is 275 g/mol. The fourth-order valence-corrected chi connectivity index (χ4v) is 3.47. The van der Waals surface area contributed by atoms with Gasteiger partial charge in [-0.15, -0.1) is 0 Å². The SMILES string of the molecule is CCCC1CCCC(N)(c2ccc(OCC)cc2)CC1. The summed E-state index contributed by atoms with van der Waals surface area (Å²) in [5, 5.41) is 0. The van der Waals surface area contributed by atoms with E-state index in [-0.39, 0.29) is 5.54 Å². The van der Waals surface area contributed by atoms with Crippen LogP contribution in [0.1, 0.15) is 64.4 Å². The molecule has 2 heteroatoms. The minimum Gasteiger partial charge on any atom is -0.494 e. The summed E-state index contributed by atoms with van der Waals surface area (Å²) in [7, 11) is 0. The maximum absolute atomic E-state index is 6.72. The van der Waals surface area contributed by atoms with Crippen LogP contribution in [0, 0.1) is 5.92 Å². The van der Waals surface area contributed by atoms with E-state index in [1.54, 1.807) is 0 Å². The summed E-state index contributed by atoms with van der Waals surface area (Å²) in [6.45, 7) is 5.01. The third kappa shape index (κ3) is 3.76. The molecule has 0 aliphatic heterocycles. The second-order valence-electron chi connectivity index (χ2n) is 6.20. The van der Waals surface area contributed by atoms with Gasteiger partial charge in [0.25, 0.3) is 0 Å². The molecule has 1 aliphatic rings. The van der Waals surface area contributed by atoms with Gasteiger partial charge >= 0.3 is 0 Å². The molecule has 2 N–H and O–H groups in total. The maximum atomic E-state index is 6.72. The van der Waals surface area contributed by atoms with Crippen LogP contribution < -0.4 is 10.5 Å². The van der Waals surface area contributed by atoms with Crippen LogP contribution in [0.5, 0.6) is 5.75 Å². The molecule has 1 aliphatic carbocycles. The Balaban J connectivity index is 2.05. The zero-order chi connectivity index (χ0) is 14.4. The second kappa shape index (κ2) is 7.12. The fourth-order valence-electron chi connectivity index (χ4n) is 3.47. The number of hydrogen-bond donors (Lipinski definition) is 1. The third-order valence-corrected chi connectivity index (χ3v) is 4.67. The van der Waals surface area contributed by atoms with E-state index in [1.807, 2.05) is 6.92 Å². The molecule has 20 heavy (non-hydrogen) atoms. The molecule has 1 aromatic rings. The molecule has 112 valence electrons. The average Bonchev–Trinajstić information content (AvgIpc) is 2.64. The minimum atomic E-state index is -0.132. The molecule has 0 radical (unpaired) electrons. The van der Waals surface area contributed by atoms with Crippen LogP contribution in [0.2, 0.25) is 0 Å². The fraction of sp³-hybridized carbons (Fsp3) is 0.667. The Morgan fingerprint density at radius 3 is 2.55 bits per heavy atom. The van der Waals surface area contributed by atoms with E-state index in [2.05, 4.69) is 31.2 Å². The van der Waals surface area contributed by atoms with Crippen molar-refractivity contribution in [3.63, 3.8) is 0 Å². The van der Waals surface area contributed by atoms with Gasteiger partial charge in [0.15, 0.2) is 0 Å². The second-order valence-corrected chi connectivity index (χ2v) is 6.20. The lowest BCUT2D eigenvalue weighted by molar-refractivity contribution is 0.338. The molecule has 2 rings (SSSR count). The molecule has 0 saturated heterocycles. The first-order chi connectivity index (χ1) is 9.68. The zero-order valence-corrected chi connectivity index (χ0v) is 13.0. The molecule has 2 unspecified atom stereocenters. The Morgan fingerprint density at radius 2 is 1.90 bits per heavy atom. The summed E-state index contributed by atoms with van der Waals surface area (Å²) < 4.78 is 5.51. The molecule has 0 heterocycles. The first-order valence-corrected chi connectivity index (χ1v) is 8.20. The quantitative estimate of drug-likeness (QED) is 0.796. The van der Waals surface area contributed by atoms with E-state index in [4.69, 9.17) is 10.5 Å². The van der Waals surface area contributed by atoms with Crippen molar-refractivity contribution < 1.29 is 4.74 Å². The lowest BCUT2D eigenvalue weighted by atomic mass is 9.83. The van der Waals surface area contributed by atoms with E-state index >= 15 is 0 Å². The van der Waals surface area contributed by atoms with Crippen LogP contribution >= 0.6 is 0 Å². The van der Waals surface area contributed by atoms with Crippen molar-refractivity contribution in [1.29, 1.82) is 0 Å². The van der Waals surface area contributed by atoms with Crippen LogP contribution in [-0.2, 0) is 5.54 Å². The third-order valence-electron chi connectivity index (χ3n) is 4.67. The average molecular weight is 275 g/mol. The molecular formula is C18H29NO. The number of benzene rings is 1. The van der Waals surface area contributed by atoms with Crippen LogP contribution in [0.3, 0.4) is 0 Å². The molecule has 0 amide bonds. The van der Waals surface area contributed by atoms with Crippen LogP contribution in [0.4, 0.5) is 0 Å². The van der Waals surface area contributed by atoms with Gasteiger partial charge in [0.2, 0.25) is 0 Å². The number of hydrogen-bond acceptors (Lipinski definition) is 2. The summed E-state index contributed by atoms with van der Waals surface area (Å²) in [5.74, 6) is 1.82. The predicted octanol–water partition coefficient (Wildman–Crippen LogP) is 4.62. The van der Waals surface area contributed by atoms with Crippen molar-refractivity contribution in [3.05, 3.63) is 29.8 Å². The highest BCUT2D eigenvalue weighted by atomic mass is 16.5. The predicted molar refractivity (Wildman–Crippen MR) is 85.0 cm³/mol. The van der Waals surface area contributed by atoms with E-state index in [0.29, 0.717) is 6.61 Å². The van der Waals surface area contributed by atoms with Crippen molar-refractivity contribution in [2.75, 3.05) is 6.61 Å². The van der Waals surface area contributed by atoms with E-state index in [9.17, 15) is 0 Å². The van der Waals surface area contributed by atoms with Gasteiger partial charge in [-0.2, -0.15) is 0 Å². The summed E-state index contributed by atoms with van der Waals surface area (Å²) in [6, 6.07) is 8.43. The lowest BCUT2D eigenvalue weighted by Gasteiger charge is -2.29. The standard InChI is InChI=1S/C18H29NO/c1-3-6-15-7-5-13-18(19,14-12-15)16-8-10-17(11-9-16)20-4-2/h8-11,15H,3-7,12-14,19H2,1-2H3. The Kier molecular flexibility index (Phi) is 5.47. The van der Waals surface area contributed by atoms with Gasteiger partial charge in [0.1, 0.15) is 5.75 Å². The molecule has 2 atom stereocenters. The van der Waals surface area contributed by atoms with Gasteiger partial charge in [-0.1, -0.05) is 44.7 Å². The van der Waals surface area contributed by atoms with Gasteiger partial charge in [0, 0.05) is 5.54 Å². The lowest BCUT2D eigenvalue weighted by Crippen LogP contribution is -2.36. The smallest absolute Gasteiger partial charge is 0.119 e. The molecular weight excluding hydrogens is 246 g/mol. The molecule has 1 fully saturated rings. The number of rotatable bonds is 5. The van der Waals surface area contributed by atoms with Gasteiger partial charge in [0.05, 0.1) is 6.61 Å². The summed E-state index contributed by atoms with van der Waals surface area (Å²) in [4.78, 5) is 0. The van der Waals surface area contributed by atoms with E-state index in [1.165, 1.54) is 37.7 Å². The van der Waals surface area contributed by atoms with Crippen LogP contribution in [0.25, 0.3) is 0 Å². The van der Waals surface area contributed by atoms with E-state index in [0.717, 1.165) is 24.5 Å². The zero-order valence-electron chi connectivity index (χ0n) is 13.0. The van der Waals surface area contributed by atoms with Crippen LogP contribution in [-0.4, -0.2) is 6.61 Å². The highest BCUT2D eigenvalue weighted by molar-refractivity contribution is 5.32. The highest BCUT2D eigenvalue weighted by Gasteiger charge is 2.30. The van der Waals surface area contributed by atoms with Crippen molar-refractivity contribution in [1.82, 2.24) is 0 Å². The normalized spacial score (nSPS) is 27.1. The minimum absolute atomic E-state index is 0.132. The topological polar surface area (TPSA) is 35.2 Å².